The number of hydrogen-bond donors (Lipinski definition) is 1. The molecule has 1 fully saturated rings. The van der Waals surface area contributed by atoms with Gasteiger partial charge >= 0.3 is 0 Å². The van der Waals surface area contributed by atoms with Crippen molar-refractivity contribution in [2.24, 2.45) is 0 Å². The number of likely N-dealkylation sites (N-methyl/N-ethyl adjacent to an activating group) is 1. The molecular weight excluding hydrogens is 168 g/mol. The smallest absolute Gasteiger partial charge is 0.234 e. The Labute approximate surface area is 79.2 Å². The summed E-state index contributed by atoms with van der Waals surface area (Å²) in [7, 11) is 1.95. The van der Waals surface area contributed by atoms with Gasteiger partial charge in [-0.05, 0) is 20.9 Å². The van der Waals surface area contributed by atoms with Crippen molar-refractivity contribution in [2.45, 2.75) is 25.9 Å². The van der Waals surface area contributed by atoms with Gasteiger partial charge in [0, 0.05) is 6.04 Å². The molecule has 0 aliphatic carbocycles. The monoisotopic (exact) mass is 186 g/mol. The Morgan fingerprint density at radius 3 is 2.62 bits per heavy atom. The van der Waals surface area contributed by atoms with E-state index in [4.69, 9.17) is 4.74 Å². The first-order valence-corrected chi connectivity index (χ1v) is 4.67. The average Bonchev–Trinajstić information content (AvgIpc) is 1.96. The maximum absolute atomic E-state index is 11.4. The minimum atomic E-state index is 0.0875. The third kappa shape index (κ3) is 3.32. The fourth-order valence-electron chi connectivity index (χ4n) is 1.00. The van der Waals surface area contributed by atoms with Crippen LogP contribution in [0.5, 0.6) is 0 Å². The molecule has 13 heavy (non-hydrogen) atoms. The topological polar surface area (TPSA) is 41.6 Å². The van der Waals surface area contributed by atoms with Crippen molar-refractivity contribution in [3.63, 3.8) is 0 Å². The summed E-state index contributed by atoms with van der Waals surface area (Å²) in [4.78, 5) is 13.4. The number of carbonyl (C=O) groups excluding carboxylic acids is 1. The van der Waals surface area contributed by atoms with Crippen LogP contribution in [0.1, 0.15) is 13.8 Å². The molecule has 0 aromatic heterocycles. The highest BCUT2D eigenvalue weighted by Crippen LogP contribution is 1.99. The summed E-state index contributed by atoms with van der Waals surface area (Å²) in [6, 6.07) is 0.649. The first-order valence-electron chi connectivity index (χ1n) is 4.67. The Bertz CT molecular complexity index is 178. The van der Waals surface area contributed by atoms with Gasteiger partial charge in [-0.3, -0.25) is 9.69 Å². The van der Waals surface area contributed by atoms with E-state index in [0.717, 1.165) is 0 Å². The molecule has 0 aromatic carbocycles. The number of amides is 1. The van der Waals surface area contributed by atoms with E-state index in [1.165, 1.54) is 0 Å². The molecule has 1 heterocycles. The van der Waals surface area contributed by atoms with Crippen LogP contribution in [0.3, 0.4) is 0 Å². The molecule has 1 aliphatic heterocycles. The van der Waals surface area contributed by atoms with E-state index in [0.29, 0.717) is 25.8 Å². The Kier molecular flexibility index (Phi) is 3.69. The van der Waals surface area contributed by atoms with Crippen LogP contribution in [-0.2, 0) is 9.53 Å². The molecule has 4 nitrogen and oxygen atoms in total. The molecule has 1 aliphatic rings. The van der Waals surface area contributed by atoms with Crippen LogP contribution in [0.4, 0.5) is 0 Å². The molecule has 0 bridgehead atoms. The summed E-state index contributed by atoms with van der Waals surface area (Å²) in [5, 5.41) is 2.90. The third-order valence-corrected chi connectivity index (χ3v) is 2.28. The second-order valence-electron chi connectivity index (χ2n) is 3.81. The molecule has 0 unspecified atom stereocenters. The number of nitrogens with one attached hydrogen (secondary N) is 1. The Morgan fingerprint density at radius 2 is 2.23 bits per heavy atom. The molecule has 1 N–H and O–H groups in total. The van der Waals surface area contributed by atoms with Gasteiger partial charge in [-0.15, -0.1) is 0 Å². The zero-order valence-electron chi connectivity index (χ0n) is 8.54. The summed E-state index contributed by atoms with van der Waals surface area (Å²) in [5.41, 5.74) is 0. The highest BCUT2D eigenvalue weighted by molar-refractivity contribution is 5.78. The van der Waals surface area contributed by atoms with E-state index in [1.807, 2.05) is 11.9 Å². The van der Waals surface area contributed by atoms with Gasteiger partial charge in [-0.1, -0.05) is 0 Å². The van der Waals surface area contributed by atoms with E-state index >= 15 is 0 Å². The SMILES string of the molecule is CC(C)N(C)CC(=O)NC1COC1. The van der Waals surface area contributed by atoms with Crippen molar-refractivity contribution in [3.8, 4) is 0 Å². The number of hydrogen-bond acceptors (Lipinski definition) is 3. The maximum Gasteiger partial charge on any atom is 0.234 e. The molecule has 1 amide bonds. The highest BCUT2D eigenvalue weighted by Gasteiger charge is 2.20. The van der Waals surface area contributed by atoms with Crippen molar-refractivity contribution in [1.82, 2.24) is 10.2 Å². The van der Waals surface area contributed by atoms with Crippen molar-refractivity contribution in [3.05, 3.63) is 0 Å². The first-order chi connectivity index (χ1) is 6.09. The number of ether oxygens (including phenoxy) is 1. The molecule has 0 spiro atoms. The summed E-state index contributed by atoms with van der Waals surface area (Å²) in [5.74, 6) is 0.0875. The molecule has 4 heteroatoms. The van der Waals surface area contributed by atoms with E-state index in [9.17, 15) is 4.79 Å². The summed E-state index contributed by atoms with van der Waals surface area (Å²) in [6.45, 7) is 5.93. The van der Waals surface area contributed by atoms with Crippen molar-refractivity contribution in [2.75, 3.05) is 26.8 Å². The van der Waals surface area contributed by atoms with Gasteiger partial charge in [0.25, 0.3) is 0 Å². The van der Waals surface area contributed by atoms with Crippen molar-refractivity contribution in [1.29, 1.82) is 0 Å². The van der Waals surface area contributed by atoms with E-state index < -0.39 is 0 Å². The fourth-order valence-corrected chi connectivity index (χ4v) is 1.00. The van der Waals surface area contributed by atoms with Crippen LogP contribution in [-0.4, -0.2) is 49.7 Å². The normalized spacial score (nSPS) is 17.6. The third-order valence-electron chi connectivity index (χ3n) is 2.28. The number of nitrogens with zero attached hydrogens (tertiary/aromatic N) is 1. The second-order valence-corrected chi connectivity index (χ2v) is 3.81. The standard InChI is InChI=1S/C9H18N2O2/c1-7(2)11(3)4-9(12)10-8-5-13-6-8/h7-8H,4-6H2,1-3H3,(H,10,12). The molecule has 1 saturated heterocycles. The maximum atomic E-state index is 11.4. The van der Waals surface area contributed by atoms with Gasteiger partial charge < -0.3 is 10.1 Å². The largest absolute Gasteiger partial charge is 0.377 e. The molecule has 0 atom stereocenters. The van der Waals surface area contributed by atoms with Gasteiger partial charge in [0.05, 0.1) is 25.8 Å². The van der Waals surface area contributed by atoms with Crippen LogP contribution in [0.25, 0.3) is 0 Å². The van der Waals surface area contributed by atoms with Gasteiger partial charge in [0.1, 0.15) is 0 Å². The molecule has 0 aromatic rings. The van der Waals surface area contributed by atoms with Crippen LogP contribution in [0.2, 0.25) is 0 Å². The lowest BCUT2D eigenvalue weighted by molar-refractivity contribution is -0.126. The first kappa shape index (κ1) is 10.5. The lowest BCUT2D eigenvalue weighted by atomic mass is 10.2. The molecule has 1 rings (SSSR count). The predicted molar refractivity (Wildman–Crippen MR) is 50.5 cm³/mol. The van der Waals surface area contributed by atoms with Gasteiger partial charge in [-0.2, -0.15) is 0 Å². The molecule has 76 valence electrons. The van der Waals surface area contributed by atoms with Gasteiger partial charge in [0.2, 0.25) is 5.91 Å². The summed E-state index contributed by atoms with van der Waals surface area (Å²) in [6.07, 6.45) is 0. The second kappa shape index (κ2) is 4.58. The summed E-state index contributed by atoms with van der Waals surface area (Å²) >= 11 is 0. The lowest BCUT2D eigenvalue weighted by Gasteiger charge is -2.28. The zero-order valence-corrected chi connectivity index (χ0v) is 8.54. The van der Waals surface area contributed by atoms with Crippen molar-refractivity contribution >= 4 is 5.91 Å². The Morgan fingerprint density at radius 1 is 1.62 bits per heavy atom. The van der Waals surface area contributed by atoms with Gasteiger partial charge in [0.15, 0.2) is 0 Å². The van der Waals surface area contributed by atoms with Crippen LogP contribution >= 0.6 is 0 Å². The number of rotatable bonds is 4. The fraction of sp³-hybridized carbons (Fsp3) is 0.889. The molecular formula is C9H18N2O2. The van der Waals surface area contributed by atoms with Crippen LogP contribution in [0, 0.1) is 0 Å². The van der Waals surface area contributed by atoms with Crippen LogP contribution in [0.15, 0.2) is 0 Å². The molecule has 0 saturated carbocycles. The zero-order chi connectivity index (χ0) is 9.84. The van der Waals surface area contributed by atoms with E-state index in [1.54, 1.807) is 0 Å². The lowest BCUT2D eigenvalue weighted by Crippen LogP contribution is -2.51. The van der Waals surface area contributed by atoms with E-state index in [-0.39, 0.29) is 11.9 Å². The summed E-state index contributed by atoms with van der Waals surface area (Å²) < 4.78 is 4.96. The predicted octanol–water partition coefficient (Wildman–Crippen LogP) is -0.158. The minimum absolute atomic E-state index is 0.0875. The minimum Gasteiger partial charge on any atom is -0.377 e. The van der Waals surface area contributed by atoms with Gasteiger partial charge in [-0.25, -0.2) is 0 Å². The Hall–Kier alpha value is -0.610. The number of carbonyl (C=O) groups is 1. The average molecular weight is 186 g/mol. The van der Waals surface area contributed by atoms with Crippen molar-refractivity contribution < 1.29 is 9.53 Å². The Balaban J connectivity index is 2.16. The van der Waals surface area contributed by atoms with Crippen LogP contribution < -0.4 is 5.32 Å². The van der Waals surface area contributed by atoms with E-state index in [2.05, 4.69) is 19.2 Å². The highest BCUT2D eigenvalue weighted by atomic mass is 16.5. The quantitative estimate of drug-likeness (QED) is 0.663. The molecule has 0 radical (unpaired) electrons.